The number of carbonyl (C=O) groups excluding carboxylic acids is 1. The average Bonchev–Trinajstić information content (AvgIpc) is 3.70. The summed E-state index contributed by atoms with van der Waals surface area (Å²) in [5.74, 6) is 0.695. The molecule has 2 N–H and O–H groups in total. The summed E-state index contributed by atoms with van der Waals surface area (Å²) in [6.07, 6.45) is 3.33. The first kappa shape index (κ1) is 28.0. The highest BCUT2D eigenvalue weighted by Crippen LogP contribution is 2.36. The molecular weight excluding hydrogens is 566 g/mol. The SMILES string of the molecule is O=C(O)N1CC[C@@H](C(=O)N2CCC(O)(Cn3cnc4c(ccn4-c4ccc5c(c4)OCO5)c3=O)CC2)[C@H](c2ccccc2)C1. The molecule has 0 spiro atoms. The minimum atomic E-state index is -1.18. The molecule has 4 aromatic rings. The molecule has 3 aliphatic heterocycles. The average molecular weight is 600 g/mol. The van der Waals surface area contributed by atoms with Crippen LogP contribution >= 0.6 is 0 Å². The second-order valence-corrected chi connectivity index (χ2v) is 11.8. The van der Waals surface area contributed by atoms with Crippen LogP contribution in [0.25, 0.3) is 16.7 Å². The van der Waals surface area contributed by atoms with Gasteiger partial charge in [0, 0.05) is 50.3 Å². The van der Waals surface area contributed by atoms with Gasteiger partial charge in [-0.3, -0.25) is 14.2 Å². The number of rotatable bonds is 5. The van der Waals surface area contributed by atoms with Gasteiger partial charge in [0.25, 0.3) is 5.56 Å². The van der Waals surface area contributed by atoms with Gasteiger partial charge in [-0.15, -0.1) is 0 Å². The Labute approximate surface area is 252 Å². The van der Waals surface area contributed by atoms with Crippen molar-refractivity contribution in [2.24, 2.45) is 5.92 Å². The van der Waals surface area contributed by atoms with Crippen LogP contribution in [0.5, 0.6) is 11.5 Å². The van der Waals surface area contributed by atoms with Crippen LogP contribution in [-0.2, 0) is 11.3 Å². The number of fused-ring (bicyclic) bond motifs is 2. The normalized spacial score (nSPS) is 21.0. The van der Waals surface area contributed by atoms with Crippen LogP contribution in [0.3, 0.4) is 0 Å². The zero-order valence-corrected chi connectivity index (χ0v) is 24.0. The van der Waals surface area contributed by atoms with Crippen LogP contribution in [-0.4, -0.2) is 84.7 Å². The molecule has 0 unspecified atom stereocenters. The maximum absolute atomic E-state index is 13.8. The summed E-state index contributed by atoms with van der Waals surface area (Å²) >= 11 is 0. The Kier molecular flexibility index (Phi) is 7.00. The highest BCUT2D eigenvalue weighted by molar-refractivity contribution is 5.81. The first-order chi connectivity index (χ1) is 21.3. The summed E-state index contributed by atoms with van der Waals surface area (Å²) in [6, 6.07) is 16.8. The molecule has 12 heteroatoms. The number of benzene rings is 2. The van der Waals surface area contributed by atoms with Gasteiger partial charge in [-0.2, -0.15) is 0 Å². The van der Waals surface area contributed by atoms with Gasteiger partial charge < -0.3 is 34.1 Å². The van der Waals surface area contributed by atoms with Crippen molar-refractivity contribution >= 4 is 23.0 Å². The minimum absolute atomic E-state index is 0.0175. The molecule has 2 fully saturated rings. The summed E-state index contributed by atoms with van der Waals surface area (Å²) in [4.78, 5) is 46.6. The summed E-state index contributed by atoms with van der Waals surface area (Å²) in [6.45, 7) is 1.50. The first-order valence-corrected chi connectivity index (χ1v) is 14.8. The number of piperidine rings is 2. The summed E-state index contributed by atoms with van der Waals surface area (Å²) in [5, 5.41) is 21.5. The van der Waals surface area contributed by atoms with Crippen molar-refractivity contribution < 1.29 is 29.3 Å². The van der Waals surface area contributed by atoms with Gasteiger partial charge in [0.1, 0.15) is 6.33 Å². The maximum Gasteiger partial charge on any atom is 0.407 e. The largest absolute Gasteiger partial charge is 0.465 e. The number of hydrogen-bond donors (Lipinski definition) is 2. The molecule has 12 nitrogen and oxygen atoms in total. The van der Waals surface area contributed by atoms with Crippen molar-refractivity contribution in [1.29, 1.82) is 0 Å². The Morgan fingerprint density at radius 2 is 1.75 bits per heavy atom. The Morgan fingerprint density at radius 3 is 2.52 bits per heavy atom. The van der Waals surface area contributed by atoms with Gasteiger partial charge >= 0.3 is 6.09 Å². The van der Waals surface area contributed by atoms with E-state index in [0.29, 0.717) is 61.4 Å². The zero-order chi connectivity index (χ0) is 30.4. The lowest BCUT2D eigenvalue weighted by atomic mass is 9.79. The third kappa shape index (κ3) is 5.04. The Bertz CT molecular complexity index is 1780. The number of nitrogens with zero attached hydrogens (tertiary/aromatic N) is 5. The molecule has 2 aromatic carbocycles. The predicted octanol–water partition coefficient (Wildman–Crippen LogP) is 3.05. The van der Waals surface area contributed by atoms with E-state index >= 15 is 0 Å². The molecule has 0 radical (unpaired) electrons. The fourth-order valence-corrected chi connectivity index (χ4v) is 6.72. The van der Waals surface area contributed by atoms with Gasteiger partial charge in [-0.1, -0.05) is 30.3 Å². The lowest BCUT2D eigenvalue weighted by molar-refractivity contribution is -0.142. The molecule has 0 bridgehead atoms. The van der Waals surface area contributed by atoms with Crippen molar-refractivity contribution in [3.05, 3.63) is 83.0 Å². The smallest absolute Gasteiger partial charge is 0.407 e. The van der Waals surface area contributed by atoms with E-state index in [0.717, 1.165) is 11.3 Å². The van der Waals surface area contributed by atoms with E-state index in [1.807, 2.05) is 53.1 Å². The molecule has 228 valence electrons. The summed E-state index contributed by atoms with van der Waals surface area (Å²) in [5.41, 5.74) is 0.797. The van der Waals surface area contributed by atoms with Gasteiger partial charge in [0.2, 0.25) is 12.7 Å². The van der Waals surface area contributed by atoms with E-state index in [4.69, 9.17) is 9.47 Å². The molecule has 2 saturated heterocycles. The van der Waals surface area contributed by atoms with Crippen molar-refractivity contribution in [3.8, 4) is 17.2 Å². The summed E-state index contributed by atoms with van der Waals surface area (Å²) in [7, 11) is 0. The monoisotopic (exact) mass is 599 g/mol. The number of aliphatic hydroxyl groups is 1. The van der Waals surface area contributed by atoms with Gasteiger partial charge in [-0.25, -0.2) is 9.78 Å². The molecule has 2 atom stereocenters. The highest BCUT2D eigenvalue weighted by Gasteiger charge is 2.41. The molecule has 5 heterocycles. The number of carbonyl (C=O) groups is 2. The molecule has 44 heavy (non-hydrogen) atoms. The maximum atomic E-state index is 13.8. The Morgan fingerprint density at radius 1 is 0.977 bits per heavy atom. The first-order valence-electron chi connectivity index (χ1n) is 14.8. The van der Waals surface area contributed by atoms with Gasteiger partial charge in [0.05, 0.1) is 23.2 Å². The van der Waals surface area contributed by atoms with Gasteiger partial charge in [0.15, 0.2) is 17.1 Å². The van der Waals surface area contributed by atoms with E-state index in [1.165, 1.54) is 15.8 Å². The van der Waals surface area contributed by atoms with Crippen molar-refractivity contribution in [1.82, 2.24) is 23.9 Å². The fraction of sp³-hybridized carbons (Fsp3) is 0.375. The standard InChI is InChI=1S/C32H33N5O7/c38-29(23-8-12-35(31(40)41)17-25(23)21-4-2-1-3-5-21)34-14-10-32(42,11-15-34)18-36-19-33-28-24(30(36)39)9-13-37(28)22-6-7-26-27(16-22)44-20-43-26/h1-7,9,13,16,19,23,25,42H,8,10-12,14-15,17-18,20H2,(H,40,41)/t23-,25+/m1/s1. The molecule has 0 saturated carbocycles. The fourth-order valence-electron chi connectivity index (χ4n) is 6.72. The van der Waals surface area contributed by atoms with E-state index < -0.39 is 11.7 Å². The second-order valence-electron chi connectivity index (χ2n) is 11.8. The number of amides is 2. The van der Waals surface area contributed by atoms with Crippen LogP contribution in [0.15, 0.2) is 71.9 Å². The van der Waals surface area contributed by atoms with Crippen LogP contribution in [0, 0.1) is 5.92 Å². The van der Waals surface area contributed by atoms with Crippen LogP contribution in [0.2, 0.25) is 0 Å². The third-order valence-corrected chi connectivity index (χ3v) is 9.20. The van der Waals surface area contributed by atoms with E-state index in [1.54, 1.807) is 17.2 Å². The highest BCUT2D eigenvalue weighted by atomic mass is 16.7. The van der Waals surface area contributed by atoms with Crippen molar-refractivity contribution in [2.75, 3.05) is 33.0 Å². The van der Waals surface area contributed by atoms with Crippen LogP contribution in [0.1, 0.15) is 30.7 Å². The number of ether oxygens (including phenoxy) is 2. The second kappa shape index (κ2) is 11.0. The molecule has 3 aliphatic rings. The Hall–Kier alpha value is -4.84. The number of hydrogen-bond acceptors (Lipinski definition) is 7. The molecule has 0 aliphatic carbocycles. The van der Waals surface area contributed by atoms with Crippen molar-refractivity contribution in [3.63, 3.8) is 0 Å². The lowest BCUT2D eigenvalue weighted by Crippen LogP contribution is -2.53. The van der Waals surface area contributed by atoms with Crippen LogP contribution < -0.4 is 15.0 Å². The van der Waals surface area contributed by atoms with Crippen LogP contribution in [0.4, 0.5) is 4.79 Å². The third-order valence-electron chi connectivity index (χ3n) is 9.20. The van der Waals surface area contributed by atoms with E-state index in [2.05, 4.69) is 4.98 Å². The number of likely N-dealkylation sites (tertiary alicyclic amines) is 2. The molecule has 2 amide bonds. The predicted molar refractivity (Wildman–Crippen MR) is 159 cm³/mol. The number of aromatic nitrogens is 3. The molecule has 2 aromatic heterocycles. The topological polar surface area (TPSA) is 139 Å². The lowest BCUT2D eigenvalue weighted by Gasteiger charge is -2.42. The molecule has 7 rings (SSSR count). The zero-order valence-electron chi connectivity index (χ0n) is 24.0. The Balaban J connectivity index is 1.04. The molecular formula is C32H33N5O7. The van der Waals surface area contributed by atoms with Gasteiger partial charge in [-0.05, 0) is 43.0 Å². The minimum Gasteiger partial charge on any atom is -0.465 e. The summed E-state index contributed by atoms with van der Waals surface area (Å²) < 4.78 is 14.1. The van der Waals surface area contributed by atoms with Crippen molar-refractivity contribution in [2.45, 2.75) is 37.3 Å². The quantitative estimate of drug-likeness (QED) is 0.357. The van der Waals surface area contributed by atoms with E-state index in [-0.39, 0.29) is 43.2 Å². The number of carboxylic acid groups (broad SMARTS) is 1. The van der Waals surface area contributed by atoms with E-state index in [9.17, 15) is 24.6 Å².